The van der Waals surface area contributed by atoms with Gasteiger partial charge in [-0.25, -0.2) is 0 Å². The van der Waals surface area contributed by atoms with Crippen LogP contribution in [0.25, 0.3) is 0 Å². The van der Waals surface area contributed by atoms with E-state index in [1.54, 1.807) is 0 Å². The maximum atomic E-state index is 11.6. The number of ether oxygens (including phenoxy) is 2. The second-order valence-corrected chi connectivity index (χ2v) is 4.67. The van der Waals surface area contributed by atoms with Crippen LogP contribution in [0, 0.1) is 0 Å². The molecule has 1 aliphatic rings. The Balaban J connectivity index is 2.44. The van der Waals surface area contributed by atoms with Gasteiger partial charge in [0.15, 0.2) is 0 Å². The molecule has 0 amide bonds. The molecule has 0 aromatic carbocycles. The van der Waals surface area contributed by atoms with Crippen LogP contribution in [0.4, 0.5) is 0 Å². The molecule has 0 saturated carbocycles. The van der Waals surface area contributed by atoms with Gasteiger partial charge in [0.1, 0.15) is 11.6 Å². The highest BCUT2D eigenvalue weighted by molar-refractivity contribution is 5.76. The molecule has 0 radical (unpaired) electrons. The summed E-state index contributed by atoms with van der Waals surface area (Å²) in [5.74, 6) is -0.406. The molecular formula is C10H20N2O3. The van der Waals surface area contributed by atoms with E-state index in [0.29, 0.717) is 13.2 Å². The molecule has 5 heteroatoms. The lowest BCUT2D eigenvalue weighted by atomic mass is 10.1. The summed E-state index contributed by atoms with van der Waals surface area (Å²) in [7, 11) is 0. The Hall–Kier alpha value is -0.650. The van der Waals surface area contributed by atoms with Crippen LogP contribution >= 0.6 is 0 Å². The summed E-state index contributed by atoms with van der Waals surface area (Å²) in [4.78, 5) is 11.6. The maximum Gasteiger partial charge on any atom is 0.326 e. The number of nitrogens with two attached hydrogens (primary N) is 1. The van der Waals surface area contributed by atoms with Crippen molar-refractivity contribution in [1.82, 2.24) is 5.32 Å². The Labute approximate surface area is 90.3 Å². The van der Waals surface area contributed by atoms with E-state index >= 15 is 0 Å². The van der Waals surface area contributed by atoms with Crippen molar-refractivity contribution in [2.45, 2.75) is 38.5 Å². The largest absolute Gasteiger partial charge is 0.459 e. The number of carbonyl (C=O) groups excluding carboxylic acids is 1. The maximum absolute atomic E-state index is 11.6. The smallest absolute Gasteiger partial charge is 0.326 e. The van der Waals surface area contributed by atoms with Crippen molar-refractivity contribution in [3.63, 3.8) is 0 Å². The third-order valence-corrected chi connectivity index (χ3v) is 2.04. The molecule has 15 heavy (non-hydrogen) atoms. The first-order chi connectivity index (χ1) is 6.90. The summed E-state index contributed by atoms with van der Waals surface area (Å²) < 4.78 is 10.6. The van der Waals surface area contributed by atoms with Gasteiger partial charge >= 0.3 is 5.97 Å². The lowest BCUT2D eigenvalue weighted by Gasteiger charge is -2.29. The number of nitrogens with one attached hydrogen (secondary N) is 1. The van der Waals surface area contributed by atoms with E-state index in [2.05, 4.69) is 5.32 Å². The van der Waals surface area contributed by atoms with Gasteiger partial charge in [-0.05, 0) is 20.8 Å². The zero-order valence-corrected chi connectivity index (χ0v) is 9.58. The highest BCUT2D eigenvalue weighted by Gasteiger charge is 2.30. The number of carbonyl (C=O) groups is 1. The number of hydrogen-bond donors (Lipinski definition) is 2. The molecule has 2 atom stereocenters. The van der Waals surface area contributed by atoms with Gasteiger partial charge in [0, 0.05) is 13.1 Å². The average Bonchev–Trinajstić information content (AvgIpc) is 2.15. The number of esters is 1. The molecule has 1 rings (SSSR count). The zero-order chi connectivity index (χ0) is 11.5. The number of hydrogen-bond acceptors (Lipinski definition) is 5. The Morgan fingerprint density at radius 2 is 2.27 bits per heavy atom. The minimum Gasteiger partial charge on any atom is -0.459 e. The van der Waals surface area contributed by atoms with E-state index in [-0.39, 0.29) is 6.10 Å². The summed E-state index contributed by atoms with van der Waals surface area (Å²) >= 11 is 0. The van der Waals surface area contributed by atoms with E-state index in [4.69, 9.17) is 15.2 Å². The fourth-order valence-electron chi connectivity index (χ4n) is 1.34. The Morgan fingerprint density at radius 3 is 2.73 bits per heavy atom. The second-order valence-electron chi connectivity index (χ2n) is 4.67. The summed E-state index contributed by atoms with van der Waals surface area (Å²) in [5.41, 5.74) is 5.26. The van der Waals surface area contributed by atoms with Gasteiger partial charge in [-0.1, -0.05) is 0 Å². The summed E-state index contributed by atoms with van der Waals surface area (Å²) in [6.07, 6.45) is -0.284. The summed E-state index contributed by atoms with van der Waals surface area (Å²) in [6, 6.07) is -0.711. The molecule has 1 unspecified atom stereocenters. The standard InChI is InChI=1S/C10H20N2O3/c1-10(2,3)15-9(13)8(11)7-6-12-4-5-14-7/h7-8,12H,4-6,11H2,1-3H3/t7-,8?/m1/s1. The molecule has 0 aliphatic carbocycles. The quantitative estimate of drug-likeness (QED) is 0.617. The van der Waals surface area contributed by atoms with Crippen LogP contribution in [0.1, 0.15) is 20.8 Å². The van der Waals surface area contributed by atoms with Gasteiger partial charge in [0.05, 0.1) is 12.7 Å². The van der Waals surface area contributed by atoms with Crippen LogP contribution in [0.2, 0.25) is 0 Å². The topological polar surface area (TPSA) is 73.6 Å². The van der Waals surface area contributed by atoms with E-state index in [1.807, 2.05) is 20.8 Å². The lowest BCUT2D eigenvalue weighted by molar-refractivity contribution is -0.160. The minimum atomic E-state index is -0.711. The van der Waals surface area contributed by atoms with Gasteiger partial charge in [-0.3, -0.25) is 4.79 Å². The van der Waals surface area contributed by atoms with Crippen LogP contribution in [-0.2, 0) is 14.3 Å². The third-order valence-electron chi connectivity index (χ3n) is 2.04. The Kier molecular flexibility index (Phi) is 4.07. The molecule has 5 nitrogen and oxygen atoms in total. The van der Waals surface area contributed by atoms with Crippen molar-refractivity contribution in [2.75, 3.05) is 19.7 Å². The molecule has 88 valence electrons. The number of rotatable bonds is 2. The van der Waals surface area contributed by atoms with Crippen molar-refractivity contribution in [2.24, 2.45) is 5.73 Å². The fourth-order valence-corrected chi connectivity index (χ4v) is 1.34. The van der Waals surface area contributed by atoms with Crippen LogP contribution in [0.3, 0.4) is 0 Å². The zero-order valence-electron chi connectivity index (χ0n) is 9.58. The molecule has 1 fully saturated rings. The van der Waals surface area contributed by atoms with Crippen LogP contribution in [-0.4, -0.2) is 43.4 Å². The normalized spacial score (nSPS) is 24.7. The van der Waals surface area contributed by atoms with Crippen molar-refractivity contribution >= 4 is 5.97 Å². The van der Waals surface area contributed by atoms with Gasteiger partial charge in [-0.2, -0.15) is 0 Å². The van der Waals surface area contributed by atoms with Gasteiger partial charge < -0.3 is 20.5 Å². The molecule has 1 heterocycles. The van der Waals surface area contributed by atoms with Crippen LogP contribution in [0.15, 0.2) is 0 Å². The first kappa shape index (κ1) is 12.4. The third kappa shape index (κ3) is 4.15. The fraction of sp³-hybridized carbons (Fsp3) is 0.900. The van der Waals surface area contributed by atoms with E-state index in [9.17, 15) is 4.79 Å². The molecule has 0 bridgehead atoms. The second kappa shape index (κ2) is 4.92. The molecule has 1 aliphatic heterocycles. The summed E-state index contributed by atoms with van der Waals surface area (Å²) in [5, 5.41) is 3.12. The van der Waals surface area contributed by atoms with Gasteiger partial charge in [-0.15, -0.1) is 0 Å². The van der Waals surface area contributed by atoms with Crippen molar-refractivity contribution in [3.05, 3.63) is 0 Å². The lowest BCUT2D eigenvalue weighted by Crippen LogP contribution is -2.53. The van der Waals surface area contributed by atoms with E-state index < -0.39 is 17.6 Å². The Bertz CT molecular complexity index is 219. The van der Waals surface area contributed by atoms with Crippen molar-refractivity contribution < 1.29 is 14.3 Å². The SMILES string of the molecule is CC(C)(C)OC(=O)C(N)[C@H]1CNCCO1. The molecule has 0 aromatic rings. The van der Waals surface area contributed by atoms with E-state index in [0.717, 1.165) is 6.54 Å². The van der Waals surface area contributed by atoms with Crippen molar-refractivity contribution in [1.29, 1.82) is 0 Å². The molecule has 3 N–H and O–H groups in total. The predicted octanol–water partition coefficient (Wildman–Crippen LogP) is -0.356. The minimum absolute atomic E-state index is 0.284. The number of morpholine rings is 1. The average molecular weight is 216 g/mol. The highest BCUT2D eigenvalue weighted by atomic mass is 16.6. The van der Waals surface area contributed by atoms with Crippen LogP contribution < -0.4 is 11.1 Å². The Morgan fingerprint density at radius 1 is 1.60 bits per heavy atom. The molecule has 0 aromatic heterocycles. The van der Waals surface area contributed by atoms with Gasteiger partial charge in [0.25, 0.3) is 0 Å². The highest BCUT2D eigenvalue weighted by Crippen LogP contribution is 2.10. The first-order valence-corrected chi connectivity index (χ1v) is 5.21. The van der Waals surface area contributed by atoms with Gasteiger partial charge in [0.2, 0.25) is 0 Å². The molecular weight excluding hydrogens is 196 g/mol. The molecule has 0 spiro atoms. The monoisotopic (exact) mass is 216 g/mol. The van der Waals surface area contributed by atoms with Crippen LogP contribution in [0.5, 0.6) is 0 Å². The predicted molar refractivity (Wildman–Crippen MR) is 56.4 cm³/mol. The molecule has 1 saturated heterocycles. The van der Waals surface area contributed by atoms with E-state index in [1.165, 1.54) is 0 Å². The summed E-state index contributed by atoms with van der Waals surface area (Å²) in [6.45, 7) is 7.44. The first-order valence-electron chi connectivity index (χ1n) is 5.21. The van der Waals surface area contributed by atoms with Crippen molar-refractivity contribution in [3.8, 4) is 0 Å².